The molecule has 0 unspecified atom stereocenters. The molecular formula is C56H38GeO2. The van der Waals surface area contributed by atoms with Gasteiger partial charge >= 0.3 is 351 Å². The number of para-hydroxylation sites is 2. The Morgan fingerprint density at radius 1 is 0.271 bits per heavy atom. The Morgan fingerprint density at radius 2 is 0.542 bits per heavy atom. The fraction of sp³-hybridized carbons (Fsp3) is 0. The van der Waals surface area contributed by atoms with E-state index in [1.807, 2.05) is 109 Å². The summed E-state index contributed by atoms with van der Waals surface area (Å²) < 4.78 is 22.9. The number of ether oxygens (including phenoxy) is 2. The van der Waals surface area contributed by atoms with E-state index in [9.17, 15) is 0 Å². The van der Waals surface area contributed by atoms with Gasteiger partial charge in [-0.1, -0.05) is 0 Å². The van der Waals surface area contributed by atoms with Gasteiger partial charge in [0.25, 0.3) is 0 Å². The van der Waals surface area contributed by atoms with Crippen LogP contribution in [0.3, 0.4) is 0 Å². The van der Waals surface area contributed by atoms with Crippen molar-refractivity contribution >= 4 is 33.2 Å². The molecule has 278 valence electrons. The van der Waals surface area contributed by atoms with Crippen molar-refractivity contribution in [2.75, 3.05) is 0 Å². The van der Waals surface area contributed by atoms with Crippen molar-refractivity contribution in [3.05, 3.63) is 264 Å². The molecule has 0 fully saturated rings. The van der Waals surface area contributed by atoms with E-state index < -0.39 is 13.3 Å². The van der Waals surface area contributed by atoms with Crippen molar-refractivity contribution in [3.63, 3.8) is 0 Å². The summed E-state index contributed by atoms with van der Waals surface area (Å²) in [5.74, 6) is 10.5. The van der Waals surface area contributed by atoms with Crippen LogP contribution >= 0.6 is 0 Å². The fourth-order valence-electron chi connectivity index (χ4n) is 7.54. The average Bonchev–Trinajstić information content (AvgIpc) is 3.61. The third-order valence-electron chi connectivity index (χ3n) is 10.2. The first-order chi connectivity index (χ1) is 29.2. The standard InChI is InChI=1S/C56H38GeO2/c1-7-19-45(20-8-1)53-54(46-21-9-2-10-22-46)56(48-25-13-4-14-26-48)57(55(53)47-23-11-3-12-24-47,41-39-43-31-35-51(36-32-43)58-49-27-15-5-16-28-49)42-40-44-33-37-52(38-34-44)59-50-29-17-6-18-30-50/h1-38H. The van der Waals surface area contributed by atoms with E-state index in [0.717, 1.165) is 56.4 Å². The van der Waals surface area contributed by atoms with Crippen molar-refractivity contribution in [1.82, 2.24) is 0 Å². The van der Waals surface area contributed by atoms with E-state index in [-0.39, 0.29) is 0 Å². The second kappa shape index (κ2) is 17.3. The minimum absolute atomic E-state index is 0.755. The van der Waals surface area contributed by atoms with Crippen molar-refractivity contribution in [3.8, 4) is 44.3 Å². The third-order valence-corrected chi connectivity index (χ3v) is 17.7. The Hall–Kier alpha value is -7.50. The molecule has 0 spiro atoms. The van der Waals surface area contributed by atoms with E-state index in [4.69, 9.17) is 9.47 Å². The van der Waals surface area contributed by atoms with Gasteiger partial charge in [-0.2, -0.15) is 0 Å². The van der Waals surface area contributed by atoms with E-state index in [1.54, 1.807) is 0 Å². The van der Waals surface area contributed by atoms with Crippen LogP contribution in [0.1, 0.15) is 33.4 Å². The summed E-state index contributed by atoms with van der Waals surface area (Å²) in [6.07, 6.45) is 0. The molecule has 0 bridgehead atoms. The molecule has 0 aromatic heterocycles. The summed E-state index contributed by atoms with van der Waals surface area (Å²) in [4.78, 5) is 0. The Balaban J connectivity index is 1.30. The van der Waals surface area contributed by atoms with Crippen LogP contribution in [-0.4, -0.2) is 13.3 Å². The van der Waals surface area contributed by atoms with Crippen LogP contribution in [-0.2, 0) is 0 Å². The molecule has 0 radical (unpaired) electrons. The van der Waals surface area contributed by atoms with Gasteiger partial charge in [0.1, 0.15) is 0 Å². The van der Waals surface area contributed by atoms with Gasteiger partial charge in [0, 0.05) is 0 Å². The van der Waals surface area contributed by atoms with Gasteiger partial charge in [-0.05, 0) is 0 Å². The van der Waals surface area contributed by atoms with Crippen molar-refractivity contribution < 1.29 is 9.47 Å². The Bertz CT molecular complexity index is 2660. The summed E-state index contributed by atoms with van der Waals surface area (Å²) >= 11 is -4.21. The van der Waals surface area contributed by atoms with Crippen LogP contribution in [0, 0.1) is 21.3 Å². The summed E-state index contributed by atoms with van der Waals surface area (Å²) in [5.41, 5.74) is 8.70. The van der Waals surface area contributed by atoms with Crippen molar-refractivity contribution in [1.29, 1.82) is 0 Å². The van der Waals surface area contributed by atoms with Gasteiger partial charge in [-0.25, -0.2) is 0 Å². The van der Waals surface area contributed by atoms with Gasteiger partial charge in [-0.3, -0.25) is 0 Å². The Morgan fingerprint density at radius 3 is 0.864 bits per heavy atom. The van der Waals surface area contributed by atoms with Gasteiger partial charge in [0.2, 0.25) is 0 Å². The van der Waals surface area contributed by atoms with E-state index >= 15 is 0 Å². The molecule has 1 aliphatic rings. The Labute approximate surface area is 349 Å². The van der Waals surface area contributed by atoms with Crippen LogP contribution in [0.2, 0.25) is 0 Å². The molecule has 0 aliphatic carbocycles. The first kappa shape index (κ1) is 37.1. The topological polar surface area (TPSA) is 18.5 Å². The maximum atomic E-state index is 6.15. The molecule has 2 nitrogen and oxygen atoms in total. The molecule has 0 saturated heterocycles. The van der Waals surface area contributed by atoms with Gasteiger partial charge in [-0.15, -0.1) is 0 Å². The van der Waals surface area contributed by atoms with E-state index in [1.165, 1.54) is 20.0 Å². The molecule has 8 aromatic carbocycles. The molecule has 1 aliphatic heterocycles. The number of hydrogen-bond acceptors (Lipinski definition) is 2. The van der Waals surface area contributed by atoms with Gasteiger partial charge in [0.05, 0.1) is 0 Å². The van der Waals surface area contributed by atoms with Crippen molar-refractivity contribution in [2.45, 2.75) is 0 Å². The minimum atomic E-state index is -4.21. The van der Waals surface area contributed by atoms with Crippen LogP contribution in [0.15, 0.2) is 231 Å². The molecule has 8 aromatic rings. The van der Waals surface area contributed by atoms with E-state index in [2.05, 4.69) is 143 Å². The van der Waals surface area contributed by atoms with Gasteiger partial charge in [0.15, 0.2) is 0 Å². The predicted molar refractivity (Wildman–Crippen MR) is 245 cm³/mol. The summed E-state index contributed by atoms with van der Waals surface area (Å²) in [7, 11) is 0. The molecule has 0 atom stereocenters. The molecule has 3 heteroatoms. The maximum absolute atomic E-state index is 6.15. The van der Waals surface area contributed by atoms with Gasteiger partial charge < -0.3 is 0 Å². The van der Waals surface area contributed by atoms with Crippen LogP contribution in [0.4, 0.5) is 0 Å². The van der Waals surface area contributed by atoms with Crippen LogP contribution in [0.5, 0.6) is 23.0 Å². The quantitative estimate of drug-likeness (QED) is 0.112. The molecule has 0 saturated carbocycles. The molecule has 9 rings (SSSR count). The zero-order chi connectivity index (χ0) is 39.7. The third kappa shape index (κ3) is 8.18. The zero-order valence-electron chi connectivity index (χ0n) is 32.3. The van der Waals surface area contributed by atoms with Crippen LogP contribution < -0.4 is 9.47 Å². The number of allylic oxidation sites excluding steroid dienone is 2. The molecule has 59 heavy (non-hydrogen) atoms. The predicted octanol–water partition coefficient (Wildman–Crippen LogP) is 13.5. The average molecular weight is 816 g/mol. The molecule has 1 heterocycles. The SMILES string of the molecule is C(#[C][Ge]1([C]#Cc2ccc(Oc3ccccc3)cc2)[C](c2ccccc2)=C(c2ccccc2)C(c2ccccc2)=[C]1c1ccccc1)c1ccc(Oc2ccccc2)cc1. The monoisotopic (exact) mass is 816 g/mol. The normalized spacial score (nSPS) is 12.8. The van der Waals surface area contributed by atoms with E-state index in [0.29, 0.717) is 0 Å². The van der Waals surface area contributed by atoms with Crippen molar-refractivity contribution in [2.24, 2.45) is 0 Å². The molecule has 0 N–H and O–H groups in total. The van der Waals surface area contributed by atoms with Crippen LogP contribution in [0.25, 0.3) is 20.0 Å². The second-order valence-electron chi connectivity index (χ2n) is 14.1. The first-order valence-corrected chi connectivity index (χ1v) is 23.9. The summed E-state index contributed by atoms with van der Waals surface area (Å²) in [6, 6.07) is 78.9. The summed E-state index contributed by atoms with van der Waals surface area (Å²) in [5, 5.41) is 0. The number of hydrogen-bond donors (Lipinski definition) is 0. The first-order valence-electron chi connectivity index (χ1n) is 19.7. The number of rotatable bonds is 8. The molecule has 0 amide bonds. The summed E-state index contributed by atoms with van der Waals surface area (Å²) in [6.45, 7) is 0. The second-order valence-corrected chi connectivity index (χ2v) is 20.4. The zero-order valence-corrected chi connectivity index (χ0v) is 34.4. The number of benzene rings is 8. The Kier molecular flexibility index (Phi) is 10.9. The fourth-order valence-corrected chi connectivity index (χ4v) is 15.9. The molecular weight excluding hydrogens is 777 g/mol.